The minimum Gasteiger partial charge on any atom is -0.497 e. The third-order valence-electron chi connectivity index (χ3n) is 4.72. The van der Waals surface area contributed by atoms with Gasteiger partial charge in [0.15, 0.2) is 6.10 Å². The normalized spacial score (nSPS) is 15.8. The van der Waals surface area contributed by atoms with Gasteiger partial charge in [-0.2, -0.15) is 0 Å². The second-order valence-corrected chi connectivity index (χ2v) is 7.01. The Kier molecular flexibility index (Phi) is 6.45. The molecule has 3 rings (SSSR count). The monoisotopic (exact) mass is 388 g/mol. The van der Waals surface area contributed by atoms with Crippen molar-refractivity contribution in [1.29, 1.82) is 0 Å². The van der Waals surface area contributed by atoms with Crippen molar-refractivity contribution in [2.24, 2.45) is 0 Å². The number of nitrogens with zero attached hydrogens (tertiary/aromatic N) is 2. The van der Waals surface area contributed by atoms with E-state index in [0.29, 0.717) is 17.3 Å². The van der Waals surface area contributed by atoms with Gasteiger partial charge >= 0.3 is 0 Å². The SMILES string of the molecule is COc1ccc(N2CCCN(C(=O)C(C)Oc3ccc(Cl)cc3)CC2)cc1. The lowest BCUT2D eigenvalue weighted by Crippen LogP contribution is -2.42. The van der Waals surface area contributed by atoms with E-state index >= 15 is 0 Å². The van der Waals surface area contributed by atoms with Crippen LogP contribution >= 0.6 is 11.6 Å². The largest absolute Gasteiger partial charge is 0.497 e. The van der Waals surface area contributed by atoms with E-state index in [9.17, 15) is 4.79 Å². The predicted octanol–water partition coefficient (Wildman–Crippen LogP) is 3.85. The molecule has 1 heterocycles. The van der Waals surface area contributed by atoms with E-state index in [4.69, 9.17) is 21.1 Å². The highest BCUT2D eigenvalue weighted by Gasteiger charge is 2.24. The Balaban J connectivity index is 1.57. The molecule has 0 saturated carbocycles. The highest BCUT2D eigenvalue weighted by atomic mass is 35.5. The molecule has 1 atom stereocenters. The van der Waals surface area contributed by atoms with Crippen LogP contribution < -0.4 is 14.4 Å². The number of anilines is 1. The molecular formula is C21H25ClN2O3. The molecule has 144 valence electrons. The van der Waals surface area contributed by atoms with Gasteiger partial charge in [-0.3, -0.25) is 4.79 Å². The standard InChI is InChI=1S/C21H25ClN2O3/c1-16(27-20-8-4-17(22)5-9-20)21(25)24-13-3-12-23(14-15-24)18-6-10-19(26-2)11-7-18/h4-11,16H,3,12-15H2,1-2H3. The number of hydrogen-bond acceptors (Lipinski definition) is 4. The van der Waals surface area contributed by atoms with Crippen molar-refractivity contribution in [3.05, 3.63) is 53.6 Å². The highest BCUT2D eigenvalue weighted by Crippen LogP contribution is 2.21. The van der Waals surface area contributed by atoms with Crippen LogP contribution in [-0.2, 0) is 4.79 Å². The zero-order valence-electron chi connectivity index (χ0n) is 15.7. The zero-order chi connectivity index (χ0) is 19.2. The molecular weight excluding hydrogens is 364 g/mol. The summed E-state index contributed by atoms with van der Waals surface area (Å²) in [7, 11) is 1.66. The Labute approximate surface area is 165 Å². The van der Waals surface area contributed by atoms with Gasteiger partial charge in [-0.15, -0.1) is 0 Å². The van der Waals surface area contributed by atoms with Crippen LogP contribution in [-0.4, -0.2) is 50.2 Å². The summed E-state index contributed by atoms with van der Waals surface area (Å²) in [6.07, 6.45) is 0.393. The lowest BCUT2D eigenvalue weighted by molar-refractivity contribution is -0.137. The lowest BCUT2D eigenvalue weighted by Gasteiger charge is -2.26. The minimum absolute atomic E-state index is 0.0153. The molecule has 1 aliphatic rings. The number of carbonyl (C=O) groups excluding carboxylic acids is 1. The molecule has 1 amide bonds. The molecule has 0 aliphatic carbocycles. The average molecular weight is 389 g/mol. The molecule has 0 N–H and O–H groups in total. The molecule has 1 saturated heterocycles. The fourth-order valence-electron chi connectivity index (χ4n) is 3.21. The van der Waals surface area contributed by atoms with Crippen molar-refractivity contribution in [3.8, 4) is 11.5 Å². The van der Waals surface area contributed by atoms with Crippen molar-refractivity contribution >= 4 is 23.2 Å². The summed E-state index contributed by atoms with van der Waals surface area (Å²) < 4.78 is 11.0. The number of benzene rings is 2. The van der Waals surface area contributed by atoms with Crippen LogP contribution in [0, 0.1) is 0 Å². The summed E-state index contributed by atoms with van der Waals surface area (Å²) in [5.41, 5.74) is 1.15. The number of amides is 1. The summed E-state index contributed by atoms with van der Waals surface area (Å²) in [6.45, 7) is 4.93. The number of ether oxygens (including phenoxy) is 2. The molecule has 1 fully saturated rings. The first kappa shape index (κ1) is 19.4. The predicted molar refractivity (Wildman–Crippen MR) is 108 cm³/mol. The average Bonchev–Trinajstić information content (AvgIpc) is 2.95. The van der Waals surface area contributed by atoms with Gasteiger partial charge in [0, 0.05) is 36.9 Å². The van der Waals surface area contributed by atoms with Crippen LogP contribution in [0.4, 0.5) is 5.69 Å². The molecule has 2 aromatic carbocycles. The Bertz CT molecular complexity index is 749. The van der Waals surface area contributed by atoms with Crippen molar-refractivity contribution in [2.45, 2.75) is 19.4 Å². The molecule has 0 aromatic heterocycles. The maximum Gasteiger partial charge on any atom is 0.263 e. The van der Waals surface area contributed by atoms with Crippen LogP contribution in [0.3, 0.4) is 0 Å². The molecule has 6 heteroatoms. The number of halogens is 1. The van der Waals surface area contributed by atoms with Gasteiger partial charge in [0.05, 0.1) is 7.11 Å². The summed E-state index contributed by atoms with van der Waals surface area (Å²) >= 11 is 5.89. The Morgan fingerprint density at radius 1 is 0.963 bits per heavy atom. The summed E-state index contributed by atoms with van der Waals surface area (Å²) in [4.78, 5) is 17.0. The first-order valence-corrected chi connectivity index (χ1v) is 9.54. The van der Waals surface area contributed by atoms with E-state index in [1.165, 1.54) is 0 Å². The summed E-state index contributed by atoms with van der Waals surface area (Å²) in [5, 5.41) is 0.646. The molecule has 1 aliphatic heterocycles. The first-order valence-electron chi connectivity index (χ1n) is 9.17. The maximum atomic E-state index is 12.8. The van der Waals surface area contributed by atoms with E-state index in [-0.39, 0.29) is 5.91 Å². The molecule has 0 bridgehead atoms. The molecule has 2 aromatic rings. The molecule has 0 spiro atoms. The fraction of sp³-hybridized carbons (Fsp3) is 0.381. The van der Waals surface area contributed by atoms with Gasteiger partial charge in [0.1, 0.15) is 11.5 Å². The van der Waals surface area contributed by atoms with Gasteiger partial charge < -0.3 is 19.3 Å². The molecule has 5 nitrogen and oxygen atoms in total. The highest BCUT2D eigenvalue weighted by molar-refractivity contribution is 6.30. The van der Waals surface area contributed by atoms with Crippen molar-refractivity contribution in [1.82, 2.24) is 4.90 Å². The van der Waals surface area contributed by atoms with E-state index < -0.39 is 6.10 Å². The number of rotatable bonds is 5. The third kappa shape index (κ3) is 5.07. The smallest absolute Gasteiger partial charge is 0.263 e. The Hall–Kier alpha value is -2.40. The molecule has 1 unspecified atom stereocenters. The minimum atomic E-state index is -0.529. The number of methoxy groups -OCH3 is 1. The van der Waals surface area contributed by atoms with Crippen molar-refractivity contribution in [3.63, 3.8) is 0 Å². The van der Waals surface area contributed by atoms with Crippen LogP contribution in [0.5, 0.6) is 11.5 Å². The third-order valence-corrected chi connectivity index (χ3v) is 4.97. The molecule has 27 heavy (non-hydrogen) atoms. The van der Waals surface area contributed by atoms with Crippen molar-refractivity contribution in [2.75, 3.05) is 38.2 Å². The zero-order valence-corrected chi connectivity index (χ0v) is 16.5. The second-order valence-electron chi connectivity index (χ2n) is 6.58. The van der Waals surface area contributed by atoms with E-state index in [1.54, 1.807) is 38.3 Å². The second kappa shape index (κ2) is 9.00. The summed E-state index contributed by atoms with van der Waals surface area (Å²) in [5.74, 6) is 1.51. The van der Waals surface area contributed by atoms with Crippen LogP contribution in [0.1, 0.15) is 13.3 Å². The Morgan fingerprint density at radius 2 is 1.63 bits per heavy atom. The number of hydrogen-bond donors (Lipinski definition) is 0. The van der Waals surface area contributed by atoms with E-state index in [0.717, 1.165) is 37.5 Å². The van der Waals surface area contributed by atoms with E-state index in [2.05, 4.69) is 17.0 Å². The van der Waals surface area contributed by atoms with Crippen LogP contribution in [0.25, 0.3) is 0 Å². The van der Waals surface area contributed by atoms with Gasteiger partial charge in [-0.25, -0.2) is 0 Å². The van der Waals surface area contributed by atoms with Gasteiger partial charge in [0.25, 0.3) is 5.91 Å². The first-order chi connectivity index (χ1) is 13.1. The topological polar surface area (TPSA) is 42.0 Å². The Morgan fingerprint density at radius 3 is 2.30 bits per heavy atom. The maximum absolute atomic E-state index is 12.8. The van der Waals surface area contributed by atoms with Crippen LogP contribution in [0.2, 0.25) is 5.02 Å². The van der Waals surface area contributed by atoms with Crippen molar-refractivity contribution < 1.29 is 14.3 Å². The van der Waals surface area contributed by atoms with Gasteiger partial charge in [0.2, 0.25) is 0 Å². The van der Waals surface area contributed by atoms with Crippen LogP contribution in [0.15, 0.2) is 48.5 Å². The quantitative estimate of drug-likeness (QED) is 0.780. The summed E-state index contributed by atoms with van der Waals surface area (Å²) in [6, 6.07) is 15.1. The van der Waals surface area contributed by atoms with Gasteiger partial charge in [-0.1, -0.05) is 11.6 Å². The molecule has 0 radical (unpaired) electrons. The van der Waals surface area contributed by atoms with E-state index in [1.807, 2.05) is 17.0 Å². The lowest BCUT2D eigenvalue weighted by atomic mass is 10.2. The number of carbonyl (C=O) groups is 1. The van der Waals surface area contributed by atoms with Gasteiger partial charge in [-0.05, 0) is 61.9 Å². The fourth-order valence-corrected chi connectivity index (χ4v) is 3.34.